The van der Waals surface area contributed by atoms with Crippen LogP contribution in [0, 0.1) is 6.29 Å². The third-order valence-electron chi connectivity index (χ3n) is 0.993. The van der Waals surface area contributed by atoms with Gasteiger partial charge >= 0.3 is 12.3 Å². The van der Waals surface area contributed by atoms with Gasteiger partial charge in [-0.15, -0.1) is 0 Å². The first-order chi connectivity index (χ1) is 5.76. The molecule has 0 rings (SSSR count). The van der Waals surface area contributed by atoms with Crippen molar-refractivity contribution in [3.63, 3.8) is 0 Å². The summed E-state index contributed by atoms with van der Waals surface area (Å²) in [6, 6.07) is 0. The summed E-state index contributed by atoms with van der Waals surface area (Å²) in [7, 11) is 0. The van der Waals surface area contributed by atoms with Crippen molar-refractivity contribution < 1.29 is 19.0 Å². The average Bonchev–Trinajstić information content (AvgIpc) is 2.04. The molecule has 0 aliphatic rings. The largest absolute Gasteiger partial charge is 0.462 e. The Labute approximate surface area is 72.8 Å². The minimum absolute atomic E-state index is 0.0538. The maximum atomic E-state index is 11.0. The van der Waals surface area contributed by atoms with Gasteiger partial charge in [0.1, 0.15) is 0 Å². The fraction of sp³-hybridized carbons (Fsp3) is 0.750. The number of esters is 1. The first-order valence-electron chi connectivity index (χ1n) is 4.05. The van der Waals surface area contributed by atoms with Crippen LogP contribution in [0.2, 0.25) is 0 Å². The topological polar surface area (TPSA) is 44.8 Å². The maximum Gasteiger partial charge on any atom is 0.373 e. The van der Waals surface area contributed by atoms with E-state index in [4.69, 9.17) is 9.47 Å². The maximum absolute atomic E-state index is 11.0. The van der Waals surface area contributed by atoms with Gasteiger partial charge in [-0.1, -0.05) is 0 Å². The van der Waals surface area contributed by atoms with E-state index in [0.29, 0.717) is 19.8 Å². The van der Waals surface area contributed by atoms with Gasteiger partial charge in [-0.3, -0.25) is 0 Å². The van der Waals surface area contributed by atoms with E-state index in [1.54, 1.807) is 20.8 Å². The molecule has 0 aliphatic heterocycles. The van der Waals surface area contributed by atoms with Crippen molar-refractivity contribution in [3.05, 3.63) is 6.29 Å². The summed E-state index contributed by atoms with van der Waals surface area (Å²) in [5.74, 6) is -0.541. The number of rotatable bonds is 6. The van der Waals surface area contributed by atoms with Gasteiger partial charge in [-0.25, -0.2) is 4.79 Å². The quantitative estimate of drug-likeness (QED) is 0.567. The second kappa shape index (κ2) is 7.06. The molecule has 0 fully saturated rings. The fourth-order valence-corrected chi connectivity index (χ4v) is 0.612. The van der Waals surface area contributed by atoms with Crippen LogP contribution in [0.25, 0.3) is 0 Å². The molecule has 0 spiro atoms. The molecule has 0 aromatic carbocycles. The molecule has 0 N–H and O–H groups in total. The fourth-order valence-electron chi connectivity index (χ4n) is 0.612. The molecular weight excluding hydrogens is 160 g/mol. The monoisotopic (exact) mass is 175 g/mol. The Kier molecular flexibility index (Phi) is 6.70. The van der Waals surface area contributed by atoms with Crippen molar-refractivity contribution in [2.75, 3.05) is 19.8 Å². The van der Waals surface area contributed by atoms with E-state index in [1.165, 1.54) is 0 Å². The van der Waals surface area contributed by atoms with Gasteiger partial charge in [0.2, 0.25) is 0 Å². The van der Waals surface area contributed by atoms with Crippen LogP contribution < -0.4 is 0 Å². The highest BCUT2D eigenvalue weighted by Crippen LogP contribution is 2.06. The Hall–Kier alpha value is -0.610. The summed E-state index contributed by atoms with van der Waals surface area (Å²) < 4.78 is 14.5. The molecule has 71 valence electrons. The van der Waals surface area contributed by atoms with Gasteiger partial charge in [0, 0.05) is 13.2 Å². The van der Waals surface area contributed by atoms with E-state index in [2.05, 4.69) is 4.74 Å². The predicted octanol–water partition coefficient (Wildman–Crippen LogP) is 1.11. The SMILES string of the molecule is CCO[C](OCC)C(=O)OCC. The molecule has 0 saturated heterocycles. The van der Waals surface area contributed by atoms with Crippen molar-refractivity contribution in [3.8, 4) is 0 Å². The van der Waals surface area contributed by atoms with Gasteiger partial charge < -0.3 is 14.2 Å². The van der Waals surface area contributed by atoms with Crippen LogP contribution in [0.4, 0.5) is 0 Å². The summed E-state index contributed by atoms with van der Waals surface area (Å²) >= 11 is 0. The minimum Gasteiger partial charge on any atom is -0.462 e. The van der Waals surface area contributed by atoms with Crippen molar-refractivity contribution >= 4 is 5.97 Å². The number of carbonyl (C=O) groups excluding carboxylic acids is 1. The molecule has 0 aromatic rings. The third-order valence-corrected chi connectivity index (χ3v) is 0.993. The number of carbonyl (C=O) groups is 1. The van der Waals surface area contributed by atoms with Crippen LogP contribution in [0.1, 0.15) is 20.8 Å². The lowest BCUT2D eigenvalue weighted by molar-refractivity contribution is -0.163. The minimum atomic E-state index is -0.541. The Morgan fingerprint density at radius 2 is 1.33 bits per heavy atom. The number of hydrogen-bond donors (Lipinski definition) is 0. The molecular formula is C8H15O4. The van der Waals surface area contributed by atoms with Gasteiger partial charge in [-0.05, 0) is 20.8 Å². The zero-order chi connectivity index (χ0) is 9.40. The predicted molar refractivity (Wildman–Crippen MR) is 43.1 cm³/mol. The van der Waals surface area contributed by atoms with Crippen LogP contribution in [-0.4, -0.2) is 25.8 Å². The van der Waals surface area contributed by atoms with Gasteiger partial charge in [0.25, 0.3) is 0 Å². The zero-order valence-electron chi connectivity index (χ0n) is 7.75. The summed E-state index contributed by atoms with van der Waals surface area (Å²) in [5.41, 5.74) is 0. The Morgan fingerprint density at radius 1 is 0.917 bits per heavy atom. The Morgan fingerprint density at radius 3 is 1.67 bits per heavy atom. The van der Waals surface area contributed by atoms with Crippen molar-refractivity contribution in [1.82, 2.24) is 0 Å². The lowest BCUT2D eigenvalue weighted by Crippen LogP contribution is -2.21. The normalized spacial score (nSPS) is 10.3. The van der Waals surface area contributed by atoms with Crippen molar-refractivity contribution in [1.29, 1.82) is 0 Å². The molecule has 1 radical (unpaired) electrons. The molecule has 0 bridgehead atoms. The number of hydrogen-bond acceptors (Lipinski definition) is 4. The summed E-state index contributed by atoms with van der Waals surface area (Å²) in [5, 5.41) is 0. The second-order valence-corrected chi connectivity index (χ2v) is 1.87. The van der Waals surface area contributed by atoms with Gasteiger partial charge in [0.15, 0.2) is 0 Å². The molecule has 0 aromatic heterocycles. The summed E-state index contributed by atoms with van der Waals surface area (Å²) in [6.45, 7) is 6.40. The van der Waals surface area contributed by atoms with E-state index >= 15 is 0 Å². The van der Waals surface area contributed by atoms with Crippen LogP contribution in [0.3, 0.4) is 0 Å². The van der Waals surface area contributed by atoms with E-state index in [9.17, 15) is 4.79 Å². The molecule has 0 atom stereocenters. The average molecular weight is 175 g/mol. The highest BCUT2D eigenvalue weighted by atomic mass is 16.7. The zero-order valence-corrected chi connectivity index (χ0v) is 7.75. The molecule has 0 amide bonds. The first kappa shape index (κ1) is 11.4. The Bertz CT molecular complexity index is 118. The molecule has 0 unspecified atom stereocenters. The second-order valence-electron chi connectivity index (χ2n) is 1.87. The summed E-state index contributed by atoms with van der Waals surface area (Å²) in [6.07, 6.45) is -0.0538. The highest BCUT2D eigenvalue weighted by Gasteiger charge is 2.22. The molecule has 4 nitrogen and oxygen atoms in total. The van der Waals surface area contributed by atoms with Crippen molar-refractivity contribution in [2.45, 2.75) is 20.8 Å². The highest BCUT2D eigenvalue weighted by molar-refractivity contribution is 5.80. The van der Waals surface area contributed by atoms with Crippen LogP contribution in [0.5, 0.6) is 0 Å². The van der Waals surface area contributed by atoms with Crippen LogP contribution >= 0.6 is 0 Å². The lowest BCUT2D eigenvalue weighted by Gasteiger charge is -2.12. The van der Waals surface area contributed by atoms with Crippen LogP contribution in [0.15, 0.2) is 0 Å². The molecule has 0 heterocycles. The number of ether oxygens (including phenoxy) is 3. The van der Waals surface area contributed by atoms with E-state index < -0.39 is 5.97 Å². The standard InChI is InChI=1S/C8H15O4/c1-4-10-7(9)8(11-5-2)12-6-3/h4-6H2,1-3H3. The van der Waals surface area contributed by atoms with E-state index in [1.807, 2.05) is 0 Å². The lowest BCUT2D eigenvalue weighted by atomic mass is 10.6. The van der Waals surface area contributed by atoms with E-state index in [-0.39, 0.29) is 6.29 Å². The molecule has 12 heavy (non-hydrogen) atoms. The molecule has 4 heteroatoms. The summed E-state index contributed by atoms with van der Waals surface area (Å²) in [4.78, 5) is 11.0. The van der Waals surface area contributed by atoms with E-state index in [0.717, 1.165) is 0 Å². The third kappa shape index (κ3) is 4.31. The van der Waals surface area contributed by atoms with Crippen LogP contribution in [-0.2, 0) is 19.0 Å². The van der Waals surface area contributed by atoms with Crippen molar-refractivity contribution in [2.24, 2.45) is 0 Å². The Balaban J connectivity index is 3.81. The smallest absolute Gasteiger partial charge is 0.373 e. The van der Waals surface area contributed by atoms with Gasteiger partial charge in [0.05, 0.1) is 6.61 Å². The molecule has 0 saturated carbocycles. The molecule has 0 aliphatic carbocycles. The first-order valence-corrected chi connectivity index (χ1v) is 4.05. The van der Waals surface area contributed by atoms with Gasteiger partial charge in [-0.2, -0.15) is 0 Å².